The number of aromatic amines is 2. The first-order valence-corrected chi connectivity index (χ1v) is 7.47. The van der Waals surface area contributed by atoms with Crippen LogP contribution in [0.1, 0.15) is 11.3 Å². The molecule has 7 nitrogen and oxygen atoms in total. The normalized spacial score (nSPS) is 11.3. The van der Waals surface area contributed by atoms with Gasteiger partial charge in [-0.05, 0) is 42.9 Å². The van der Waals surface area contributed by atoms with Crippen LogP contribution >= 0.6 is 12.2 Å². The van der Waals surface area contributed by atoms with Crippen LogP contribution in [-0.2, 0) is 0 Å². The zero-order valence-corrected chi connectivity index (χ0v) is 13.9. The quantitative estimate of drug-likeness (QED) is 0.570. The van der Waals surface area contributed by atoms with E-state index in [1.165, 1.54) is 0 Å². The molecule has 0 radical (unpaired) electrons. The molecule has 3 rings (SSSR count). The Kier molecular flexibility index (Phi) is 4.07. The fourth-order valence-corrected chi connectivity index (χ4v) is 2.26. The fraction of sp³-hybridized carbons (Fsp3) is 0.200. The molecule has 2 aromatic heterocycles. The van der Waals surface area contributed by atoms with Crippen LogP contribution in [0.2, 0.25) is 0 Å². The number of rotatable bonds is 4. The first-order valence-electron chi connectivity index (χ1n) is 7.06. The van der Waals surface area contributed by atoms with Crippen LogP contribution in [0.15, 0.2) is 35.4 Å². The molecule has 8 heteroatoms. The lowest BCUT2D eigenvalue weighted by Gasteiger charge is -2.11. The van der Waals surface area contributed by atoms with Crippen molar-refractivity contribution in [3.05, 3.63) is 46.4 Å². The first-order chi connectivity index (χ1) is 11.0. The molecule has 0 amide bonds. The van der Waals surface area contributed by atoms with Crippen molar-refractivity contribution in [2.45, 2.75) is 6.92 Å². The van der Waals surface area contributed by atoms with Gasteiger partial charge in [0.1, 0.15) is 5.69 Å². The number of hydrogen-bond donors (Lipinski definition) is 2. The fourth-order valence-electron chi connectivity index (χ4n) is 2.08. The van der Waals surface area contributed by atoms with Crippen LogP contribution in [0.5, 0.6) is 0 Å². The maximum atomic E-state index is 5.24. The standard InChI is InChI=1S/C15H17N7S/c1-10-8-13(18-17-10)14-19-20-15(23)22(14)16-9-11-4-6-12(7-5-11)21(2)3/h4-9H,1-3H3,(H,17,18)(H,20,23)/b16-9-. The van der Waals surface area contributed by atoms with E-state index < -0.39 is 0 Å². The van der Waals surface area contributed by atoms with E-state index in [1.54, 1.807) is 10.9 Å². The summed E-state index contributed by atoms with van der Waals surface area (Å²) in [5, 5.41) is 18.4. The molecule has 118 valence electrons. The summed E-state index contributed by atoms with van der Waals surface area (Å²) < 4.78 is 1.98. The maximum Gasteiger partial charge on any atom is 0.216 e. The van der Waals surface area contributed by atoms with Crippen molar-refractivity contribution >= 4 is 24.1 Å². The lowest BCUT2D eigenvalue weighted by atomic mass is 10.2. The highest BCUT2D eigenvalue weighted by Gasteiger charge is 2.10. The molecule has 2 N–H and O–H groups in total. The number of aryl methyl sites for hydroxylation is 1. The summed E-state index contributed by atoms with van der Waals surface area (Å²) >= 11 is 5.24. The predicted octanol–water partition coefficient (Wildman–Crippen LogP) is 2.59. The third kappa shape index (κ3) is 3.21. The molecule has 0 saturated carbocycles. The van der Waals surface area contributed by atoms with Gasteiger partial charge in [0, 0.05) is 25.5 Å². The Morgan fingerprint density at radius 2 is 1.91 bits per heavy atom. The van der Waals surface area contributed by atoms with E-state index in [9.17, 15) is 0 Å². The van der Waals surface area contributed by atoms with Gasteiger partial charge >= 0.3 is 0 Å². The molecule has 2 heterocycles. The highest BCUT2D eigenvalue weighted by Crippen LogP contribution is 2.15. The average molecular weight is 327 g/mol. The van der Waals surface area contributed by atoms with Crippen molar-refractivity contribution in [1.29, 1.82) is 0 Å². The number of benzene rings is 1. The van der Waals surface area contributed by atoms with Crippen LogP contribution in [0.4, 0.5) is 5.69 Å². The molecule has 0 aliphatic heterocycles. The lowest BCUT2D eigenvalue weighted by molar-refractivity contribution is 0.865. The first kappa shape index (κ1) is 15.2. The van der Waals surface area contributed by atoms with Crippen molar-refractivity contribution < 1.29 is 0 Å². The van der Waals surface area contributed by atoms with E-state index >= 15 is 0 Å². The van der Waals surface area contributed by atoms with Crippen molar-refractivity contribution in [1.82, 2.24) is 25.1 Å². The number of H-pyrrole nitrogens is 2. The summed E-state index contributed by atoms with van der Waals surface area (Å²) in [4.78, 5) is 2.05. The summed E-state index contributed by atoms with van der Waals surface area (Å²) in [6.45, 7) is 1.93. The van der Waals surface area contributed by atoms with Gasteiger partial charge in [-0.15, -0.1) is 0 Å². The Morgan fingerprint density at radius 1 is 1.17 bits per heavy atom. The molecule has 23 heavy (non-hydrogen) atoms. The Bertz CT molecular complexity index is 883. The van der Waals surface area contributed by atoms with Crippen molar-refractivity contribution in [2.75, 3.05) is 19.0 Å². The number of nitrogens with zero attached hydrogens (tertiary/aromatic N) is 5. The SMILES string of the molecule is Cc1cc(-c2n[nH]c(=S)n2/N=C\c2ccc(N(C)C)cc2)n[nH]1. The largest absolute Gasteiger partial charge is 0.378 e. The molecule has 1 aromatic carbocycles. The number of nitrogens with one attached hydrogen (secondary N) is 2. The predicted molar refractivity (Wildman–Crippen MR) is 93.5 cm³/mol. The number of aromatic nitrogens is 5. The third-order valence-electron chi connectivity index (χ3n) is 3.32. The van der Waals surface area contributed by atoms with Crippen molar-refractivity contribution in [3.8, 4) is 11.5 Å². The van der Waals surface area contributed by atoms with E-state index in [-0.39, 0.29) is 0 Å². The van der Waals surface area contributed by atoms with Crippen LogP contribution in [0, 0.1) is 11.7 Å². The molecule has 0 bridgehead atoms. The summed E-state index contributed by atoms with van der Waals surface area (Å²) in [5.74, 6) is 0.570. The van der Waals surface area contributed by atoms with Gasteiger partial charge in [-0.2, -0.15) is 20.0 Å². The second-order valence-electron chi connectivity index (χ2n) is 5.33. The van der Waals surface area contributed by atoms with Gasteiger partial charge in [0.2, 0.25) is 10.6 Å². The lowest BCUT2D eigenvalue weighted by Crippen LogP contribution is -2.08. The second-order valence-corrected chi connectivity index (χ2v) is 5.72. The zero-order valence-electron chi connectivity index (χ0n) is 13.1. The van der Waals surface area contributed by atoms with Crippen LogP contribution in [0.25, 0.3) is 11.5 Å². The Labute approximate surface area is 138 Å². The molecule has 0 fully saturated rings. The molecule has 0 aliphatic rings. The smallest absolute Gasteiger partial charge is 0.216 e. The second kappa shape index (κ2) is 6.17. The molecule has 0 spiro atoms. The average Bonchev–Trinajstić information content (AvgIpc) is 3.11. The van der Waals surface area contributed by atoms with E-state index in [0.717, 1.165) is 16.9 Å². The highest BCUT2D eigenvalue weighted by molar-refractivity contribution is 7.71. The molecular weight excluding hydrogens is 310 g/mol. The monoisotopic (exact) mass is 327 g/mol. The highest BCUT2D eigenvalue weighted by atomic mass is 32.1. The topological polar surface area (TPSA) is 77.9 Å². The zero-order chi connectivity index (χ0) is 16.4. The molecular formula is C15H17N7S. The molecule has 0 unspecified atom stereocenters. The Morgan fingerprint density at radius 3 is 2.52 bits per heavy atom. The number of hydrogen-bond acceptors (Lipinski definition) is 5. The van der Waals surface area contributed by atoms with Crippen molar-refractivity contribution in [3.63, 3.8) is 0 Å². The van der Waals surface area contributed by atoms with E-state index in [4.69, 9.17) is 12.2 Å². The Balaban J connectivity index is 1.91. The van der Waals surface area contributed by atoms with E-state index in [1.807, 2.05) is 56.3 Å². The summed E-state index contributed by atoms with van der Waals surface area (Å²) in [6, 6.07) is 9.96. The Hall–Kier alpha value is -2.74. The van der Waals surface area contributed by atoms with Crippen LogP contribution in [0.3, 0.4) is 0 Å². The van der Waals surface area contributed by atoms with Crippen LogP contribution in [-0.4, -0.2) is 45.4 Å². The van der Waals surface area contributed by atoms with E-state index in [2.05, 4.69) is 25.5 Å². The van der Waals surface area contributed by atoms with Gasteiger partial charge in [0.05, 0.1) is 6.21 Å². The maximum absolute atomic E-state index is 5.24. The third-order valence-corrected chi connectivity index (χ3v) is 3.58. The van der Waals surface area contributed by atoms with Crippen LogP contribution < -0.4 is 4.90 Å². The van der Waals surface area contributed by atoms with Crippen molar-refractivity contribution in [2.24, 2.45) is 5.10 Å². The number of anilines is 1. The van der Waals surface area contributed by atoms with Gasteiger partial charge in [0.25, 0.3) is 0 Å². The molecule has 0 atom stereocenters. The molecule has 0 saturated heterocycles. The van der Waals surface area contributed by atoms with E-state index in [0.29, 0.717) is 16.3 Å². The van der Waals surface area contributed by atoms with Gasteiger partial charge in [-0.1, -0.05) is 12.1 Å². The molecule has 0 aliphatic carbocycles. The van der Waals surface area contributed by atoms with Gasteiger partial charge in [-0.3, -0.25) is 5.10 Å². The minimum absolute atomic E-state index is 0.418. The summed E-state index contributed by atoms with van der Waals surface area (Å²) in [6.07, 6.45) is 1.74. The summed E-state index contributed by atoms with van der Waals surface area (Å²) in [5.41, 5.74) is 3.75. The minimum Gasteiger partial charge on any atom is -0.378 e. The molecule has 3 aromatic rings. The van der Waals surface area contributed by atoms with Gasteiger partial charge < -0.3 is 4.90 Å². The minimum atomic E-state index is 0.418. The van der Waals surface area contributed by atoms with Gasteiger partial charge in [0.15, 0.2) is 0 Å². The summed E-state index contributed by atoms with van der Waals surface area (Å²) in [7, 11) is 4.01. The van der Waals surface area contributed by atoms with Gasteiger partial charge in [-0.25, -0.2) is 5.10 Å².